The first-order chi connectivity index (χ1) is 11.1. The van der Waals surface area contributed by atoms with Crippen LogP contribution in [0.15, 0.2) is 53.3 Å². The molecule has 0 aliphatic heterocycles. The van der Waals surface area contributed by atoms with Crippen molar-refractivity contribution in [2.45, 2.75) is 12.6 Å². The molecular weight excluding hydrogens is 299 g/mol. The molecule has 1 heterocycles. The average Bonchev–Trinajstić information content (AvgIpc) is 2.80. The monoisotopic (exact) mass is 316 g/mol. The van der Waals surface area contributed by atoms with Crippen LogP contribution in [0.1, 0.15) is 0 Å². The van der Waals surface area contributed by atoms with Crippen molar-refractivity contribution in [1.29, 1.82) is 0 Å². The standard InChI is InChI=1S/C17H17FN2O3/c1-19-15-4-2-3-5-16(15)20(17(19)22)10-13(21)11-23-14-8-6-12(18)7-9-14/h2-9,13,21H,10-11H2,1H3/t13-/m1/s1. The van der Waals surface area contributed by atoms with Crippen LogP contribution >= 0.6 is 0 Å². The molecule has 3 aromatic rings. The first-order valence-electron chi connectivity index (χ1n) is 7.27. The maximum absolute atomic E-state index is 12.8. The molecular formula is C17H17FN2O3. The number of halogens is 1. The van der Waals surface area contributed by atoms with Crippen LogP contribution in [-0.4, -0.2) is 27.0 Å². The van der Waals surface area contributed by atoms with Crippen molar-refractivity contribution < 1.29 is 14.2 Å². The van der Waals surface area contributed by atoms with E-state index >= 15 is 0 Å². The average molecular weight is 316 g/mol. The number of rotatable bonds is 5. The van der Waals surface area contributed by atoms with E-state index in [1.54, 1.807) is 11.6 Å². The SMILES string of the molecule is Cn1c(=O)n(C[C@@H](O)COc2ccc(F)cc2)c2ccccc21. The lowest BCUT2D eigenvalue weighted by Crippen LogP contribution is -2.30. The number of para-hydroxylation sites is 2. The summed E-state index contributed by atoms with van der Waals surface area (Å²) in [6.07, 6.45) is -0.858. The molecule has 0 saturated heterocycles. The molecule has 6 heteroatoms. The van der Waals surface area contributed by atoms with E-state index in [-0.39, 0.29) is 24.7 Å². The van der Waals surface area contributed by atoms with Crippen LogP contribution in [0.4, 0.5) is 4.39 Å². The van der Waals surface area contributed by atoms with Gasteiger partial charge in [-0.15, -0.1) is 0 Å². The second-order valence-corrected chi connectivity index (χ2v) is 5.36. The molecule has 2 aromatic carbocycles. The number of hydrogen-bond donors (Lipinski definition) is 1. The topological polar surface area (TPSA) is 56.4 Å². The molecule has 0 amide bonds. The number of benzene rings is 2. The van der Waals surface area contributed by atoms with E-state index in [2.05, 4.69) is 0 Å². The van der Waals surface area contributed by atoms with E-state index in [4.69, 9.17) is 4.74 Å². The third kappa shape index (κ3) is 3.12. The van der Waals surface area contributed by atoms with Crippen molar-refractivity contribution >= 4 is 11.0 Å². The summed E-state index contributed by atoms with van der Waals surface area (Å²) in [5.41, 5.74) is 1.39. The van der Waals surface area contributed by atoms with Crippen LogP contribution < -0.4 is 10.4 Å². The van der Waals surface area contributed by atoms with Crippen LogP contribution in [0.25, 0.3) is 11.0 Å². The number of imidazole rings is 1. The Morgan fingerprint density at radius 1 is 1.13 bits per heavy atom. The molecule has 0 aliphatic rings. The molecule has 1 atom stereocenters. The van der Waals surface area contributed by atoms with Crippen molar-refractivity contribution in [3.05, 3.63) is 64.8 Å². The predicted octanol–water partition coefficient (Wildman–Crippen LogP) is 1.92. The molecule has 1 N–H and O–H groups in total. The highest BCUT2D eigenvalue weighted by atomic mass is 19.1. The minimum Gasteiger partial charge on any atom is -0.491 e. The van der Waals surface area contributed by atoms with Gasteiger partial charge >= 0.3 is 5.69 Å². The molecule has 0 saturated carbocycles. The van der Waals surface area contributed by atoms with Crippen molar-refractivity contribution in [3.8, 4) is 5.75 Å². The van der Waals surface area contributed by atoms with Gasteiger partial charge in [-0.3, -0.25) is 9.13 Å². The minimum atomic E-state index is -0.858. The quantitative estimate of drug-likeness (QED) is 0.782. The van der Waals surface area contributed by atoms with E-state index < -0.39 is 6.10 Å². The van der Waals surface area contributed by atoms with Crippen LogP contribution in [0, 0.1) is 5.82 Å². The number of nitrogens with zero attached hydrogens (tertiary/aromatic N) is 2. The number of ether oxygens (including phenoxy) is 1. The highest BCUT2D eigenvalue weighted by Crippen LogP contribution is 2.14. The molecule has 5 nitrogen and oxygen atoms in total. The van der Waals surface area contributed by atoms with Crippen molar-refractivity contribution in [2.24, 2.45) is 7.05 Å². The third-order valence-corrected chi connectivity index (χ3v) is 3.70. The van der Waals surface area contributed by atoms with Crippen molar-refractivity contribution in [2.75, 3.05) is 6.61 Å². The van der Waals surface area contributed by atoms with Gasteiger partial charge in [0.1, 0.15) is 24.3 Å². The van der Waals surface area contributed by atoms with Crippen LogP contribution in [0.5, 0.6) is 5.75 Å². The Morgan fingerprint density at radius 2 is 1.78 bits per heavy atom. The van der Waals surface area contributed by atoms with E-state index in [0.29, 0.717) is 5.75 Å². The highest BCUT2D eigenvalue weighted by Gasteiger charge is 2.14. The zero-order valence-electron chi connectivity index (χ0n) is 12.6. The fourth-order valence-corrected chi connectivity index (χ4v) is 2.53. The molecule has 0 aliphatic carbocycles. The molecule has 3 rings (SSSR count). The number of aliphatic hydroxyl groups excluding tert-OH is 1. The summed E-state index contributed by atoms with van der Waals surface area (Å²) in [5, 5.41) is 10.1. The Bertz CT molecular complexity index is 868. The highest BCUT2D eigenvalue weighted by molar-refractivity contribution is 5.75. The van der Waals surface area contributed by atoms with Gasteiger partial charge in [0.25, 0.3) is 0 Å². The molecule has 0 fully saturated rings. The van der Waals surface area contributed by atoms with Crippen molar-refractivity contribution in [3.63, 3.8) is 0 Å². The Kier molecular flexibility index (Phi) is 4.16. The van der Waals surface area contributed by atoms with Gasteiger partial charge in [0.05, 0.1) is 17.6 Å². The number of aryl methyl sites for hydroxylation is 1. The van der Waals surface area contributed by atoms with Gasteiger partial charge in [-0.1, -0.05) is 12.1 Å². The van der Waals surface area contributed by atoms with Gasteiger partial charge in [-0.25, -0.2) is 9.18 Å². The Labute approximate surface area is 132 Å². The first-order valence-corrected chi connectivity index (χ1v) is 7.27. The molecule has 0 radical (unpaired) electrons. The summed E-state index contributed by atoms with van der Waals surface area (Å²) in [5.74, 6) is 0.121. The fraction of sp³-hybridized carbons (Fsp3) is 0.235. The molecule has 0 spiro atoms. The number of fused-ring (bicyclic) bond motifs is 1. The summed E-state index contributed by atoms with van der Waals surface area (Å²) in [6.45, 7) is 0.142. The van der Waals surface area contributed by atoms with E-state index in [9.17, 15) is 14.3 Å². The van der Waals surface area contributed by atoms with Crippen LogP contribution in [0.2, 0.25) is 0 Å². The number of aliphatic hydroxyl groups is 1. The van der Waals surface area contributed by atoms with Gasteiger partial charge in [0.15, 0.2) is 0 Å². The number of hydrogen-bond acceptors (Lipinski definition) is 3. The van der Waals surface area contributed by atoms with Crippen LogP contribution in [0.3, 0.4) is 0 Å². The number of aromatic nitrogens is 2. The van der Waals surface area contributed by atoms with Gasteiger partial charge in [-0.05, 0) is 36.4 Å². The third-order valence-electron chi connectivity index (χ3n) is 3.70. The van der Waals surface area contributed by atoms with Gasteiger partial charge in [0, 0.05) is 7.05 Å². The zero-order valence-corrected chi connectivity index (χ0v) is 12.6. The van der Waals surface area contributed by atoms with E-state index in [1.165, 1.54) is 28.8 Å². The summed E-state index contributed by atoms with van der Waals surface area (Å²) in [6, 6.07) is 13.0. The second kappa shape index (κ2) is 6.26. The summed E-state index contributed by atoms with van der Waals surface area (Å²) in [7, 11) is 1.70. The summed E-state index contributed by atoms with van der Waals surface area (Å²) >= 11 is 0. The zero-order chi connectivity index (χ0) is 16.4. The normalized spacial score (nSPS) is 12.5. The van der Waals surface area contributed by atoms with Gasteiger partial charge in [-0.2, -0.15) is 0 Å². The van der Waals surface area contributed by atoms with E-state index in [1.807, 2.05) is 24.3 Å². The molecule has 120 valence electrons. The first kappa shape index (κ1) is 15.3. The fourth-order valence-electron chi connectivity index (χ4n) is 2.53. The summed E-state index contributed by atoms with van der Waals surface area (Å²) < 4.78 is 21.3. The summed E-state index contributed by atoms with van der Waals surface area (Å²) in [4.78, 5) is 12.3. The lowest BCUT2D eigenvalue weighted by molar-refractivity contribution is 0.0925. The predicted molar refractivity (Wildman–Crippen MR) is 85.1 cm³/mol. The van der Waals surface area contributed by atoms with Crippen molar-refractivity contribution in [1.82, 2.24) is 9.13 Å². The maximum Gasteiger partial charge on any atom is 0.328 e. The molecule has 23 heavy (non-hydrogen) atoms. The molecule has 1 aromatic heterocycles. The lowest BCUT2D eigenvalue weighted by atomic mass is 10.3. The lowest BCUT2D eigenvalue weighted by Gasteiger charge is -2.13. The Balaban J connectivity index is 1.73. The van der Waals surface area contributed by atoms with Gasteiger partial charge in [0.2, 0.25) is 0 Å². The minimum absolute atomic E-state index is 0.0152. The Morgan fingerprint density at radius 3 is 2.48 bits per heavy atom. The smallest absolute Gasteiger partial charge is 0.328 e. The van der Waals surface area contributed by atoms with Crippen LogP contribution in [-0.2, 0) is 13.6 Å². The molecule has 0 unspecified atom stereocenters. The van der Waals surface area contributed by atoms with Gasteiger partial charge < -0.3 is 9.84 Å². The van der Waals surface area contributed by atoms with E-state index in [0.717, 1.165) is 11.0 Å². The second-order valence-electron chi connectivity index (χ2n) is 5.36. The Hall–Kier alpha value is -2.60. The maximum atomic E-state index is 12.8. The molecule has 0 bridgehead atoms. The largest absolute Gasteiger partial charge is 0.491 e.